The van der Waals surface area contributed by atoms with Crippen LogP contribution in [0.2, 0.25) is 0 Å². The number of rotatable bonds is 7. The third-order valence-corrected chi connectivity index (χ3v) is 5.93. The fraction of sp³-hybridized carbons (Fsp3) is 0.320. The van der Waals surface area contributed by atoms with Gasteiger partial charge in [0.15, 0.2) is 0 Å². The first kappa shape index (κ1) is 22.5. The second-order valence-corrected chi connectivity index (χ2v) is 8.20. The molecular formula is C25H28N4O4. The Kier molecular flexibility index (Phi) is 7.04. The van der Waals surface area contributed by atoms with Crippen LogP contribution in [0.1, 0.15) is 29.5 Å². The van der Waals surface area contributed by atoms with Crippen molar-refractivity contribution >= 4 is 6.21 Å². The highest BCUT2D eigenvalue weighted by atomic mass is 16.5. The monoisotopic (exact) mass is 448 g/mol. The van der Waals surface area contributed by atoms with Gasteiger partial charge in [-0.1, -0.05) is 42.5 Å². The van der Waals surface area contributed by atoms with Gasteiger partial charge in [0.05, 0.1) is 19.7 Å². The third kappa shape index (κ3) is 5.59. The van der Waals surface area contributed by atoms with E-state index in [1.807, 2.05) is 18.2 Å². The van der Waals surface area contributed by atoms with Crippen LogP contribution in [-0.4, -0.2) is 52.0 Å². The Morgan fingerprint density at radius 1 is 1.03 bits per heavy atom. The first-order valence-electron chi connectivity index (χ1n) is 11.0. The second-order valence-electron chi connectivity index (χ2n) is 8.20. The summed E-state index contributed by atoms with van der Waals surface area (Å²) in [6, 6.07) is 17.6. The number of hydrogen-bond acceptors (Lipinski definition) is 6. The van der Waals surface area contributed by atoms with E-state index in [9.17, 15) is 14.7 Å². The minimum atomic E-state index is -0.667. The zero-order valence-electron chi connectivity index (χ0n) is 18.6. The summed E-state index contributed by atoms with van der Waals surface area (Å²) in [4.78, 5) is 33.9. The predicted molar refractivity (Wildman–Crippen MR) is 127 cm³/mol. The van der Waals surface area contributed by atoms with E-state index in [1.54, 1.807) is 31.4 Å². The van der Waals surface area contributed by atoms with Crippen LogP contribution >= 0.6 is 0 Å². The van der Waals surface area contributed by atoms with E-state index in [0.717, 1.165) is 42.6 Å². The number of aliphatic imine (C=N–C) groups is 1. The maximum Gasteiger partial charge on any atom is 0.331 e. The molecule has 1 fully saturated rings. The van der Waals surface area contributed by atoms with Crippen LogP contribution in [0, 0.1) is 0 Å². The van der Waals surface area contributed by atoms with Gasteiger partial charge in [-0.15, -0.1) is 0 Å². The van der Waals surface area contributed by atoms with Crippen molar-refractivity contribution in [2.45, 2.75) is 32.0 Å². The van der Waals surface area contributed by atoms with Crippen LogP contribution in [0.3, 0.4) is 0 Å². The maximum atomic E-state index is 12.3. The van der Waals surface area contributed by atoms with Crippen LogP contribution in [0.4, 0.5) is 0 Å². The normalized spacial score (nSPS) is 15.2. The van der Waals surface area contributed by atoms with Gasteiger partial charge in [-0.25, -0.2) is 4.79 Å². The molecule has 1 aliphatic heterocycles. The quantitative estimate of drug-likeness (QED) is 0.541. The Morgan fingerprint density at radius 2 is 1.70 bits per heavy atom. The topological polar surface area (TPSA) is 99.9 Å². The number of nitrogens with one attached hydrogen (secondary N) is 1. The molecule has 2 N–H and O–H groups in total. The summed E-state index contributed by atoms with van der Waals surface area (Å²) < 4.78 is 6.27. The zero-order chi connectivity index (χ0) is 23.2. The minimum absolute atomic E-state index is 0.00479. The Balaban J connectivity index is 1.44. The smallest absolute Gasteiger partial charge is 0.331 e. The molecular weight excluding hydrogens is 420 g/mol. The van der Waals surface area contributed by atoms with Crippen molar-refractivity contribution in [2.24, 2.45) is 4.99 Å². The van der Waals surface area contributed by atoms with Gasteiger partial charge in [0.2, 0.25) is 5.88 Å². The Hall–Kier alpha value is -3.65. The average molecular weight is 449 g/mol. The molecule has 0 amide bonds. The lowest BCUT2D eigenvalue weighted by Crippen LogP contribution is -2.35. The Bertz CT molecular complexity index is 1210. The molecule has 0 aliphatic carbocycles. The van der Waals surface area contributed by atoms with Gasteiger partial charge >= 0.3 is 5.69 Å². The van der Waals surface area contributed by atoms with E-state index in [-0.39, 0.29) is 24.0 Å². The number of aromatic nitrogens is 2. The Morgan fingerprint density at radius 3 is 2.36 bits per heavy atom. The van der Waals surface area contributed by atoms with Crippen molar-refractivity contribution in [3.05, 3.63) is 92.1 Å². The molecule has 3 aromatic rings. The molecule has 8 heteroatoms. The van der Waals surface area contributed by atoms with Gasteiger partial charge in [0.25, 0.3) is 5.56 Å². The van der Waals surface area contributed by atoms with E-state index in [2.05, 4.69) is 27.0 Å². The van der Waals surface area contributed by atoms with Crippen LogP contribution in [0.25, 0.3) is 0 Å². The van der Waals surface area contributed by atoms with Crippen molar-refractivity contribution < 1.29 is 9.84 Å². The SMILES string of the molecule is COc1ccc(Cn2c(O)c(C=NC3CCN(Cc4ccccc4)CC3)c(=O)[nH]c2=O)cc1. The van der Waals surface area contributed by atoms with Gasteiger partial charge < -0.3 is 9.84 Å². The van der Waals surface area contributed by atoms with Crippen molar-refractivity contribution in [1.29, 1.82) is 0 Å². The molecule has 8 nitrogen and oxygen atoms in total. The maximum absolute atomic E-state index is 12.3. The Labute approximate surface area is 191 Å². The molecule has 0 unspecified atom stereocenters. The summed E-state index contributed by atoms with van der Waals surface area (Å²) in [5, 5.41) is 10.7. The molecule has 33 heavy (non-hydrogen) atoms. The number of aromatic amines is 1. The molecule has 1 aromatic heterocycles. The fourth-order valence-corrected chi connectivity index (χ4v) is 4.00. The summed E-state index contributed by atoms with van der Waals surface area (Å²) in [6.07, 6.45) is 3.14. The average Bonchev–Trinajstić information content (AvgIpc) is 2.83. The lowest BCUT2D eigenvalue weighted by atomic mass is 10.0. The standard InChI is InChI=1S/C25H28N4O4/c1-33-21-9-7-19(8-10-21)17-29-24(31)22(23(30)27-25(29)32)15-26-20-11-13-28(14-12-20)16-18-5-3-2-4-6-18/h2-10,15,20,31H,11-14,16-17H2,1H3,(H,27,30,32). The van der Waals surface area contributed by atoms with Crippen molar-refractivity contribution in [1.82, 2.24) is 14.5 Å². The van der Waals surface area contributed by atoms with E-state index in [0.29, 0.717) is 5.75 Å². The highest BCUT2D eigenvalue weighted by Crippen LogP contribution is 2.18. The molecule has 0 bridgehead atoms. The van der Waals surface area contributed by atoms with Gasteiger partial charge in [-0.3, -0.25) is 24.2 Å². The van der Waals surface area contributed by atoms with Crippen LogP contribution in [0.15, 0.2) is 69.2 Å². The van der Waals surface area contributed by atoms with Gasteiger partial charge in [-0.2, -0.15) is 0 Å². The highest BCUT2D eigenvalue weighted by Gasteiger charge is 2.19. The molecule has 172 valence electrons. The molecule has 0 spiro atoms. The molecule has 1 aliphatic rings. The molecule has 2 aromatic carbocycles. The van der Waals surface area contributed by atoms with E-state index in [4.69, 9.17) is 4.74 Å². The largest absolute Gasteiger partial charge is 0.497 e. The van der Waals surface area contributed by atoms with E-state index >= 15 is 0 Å². The summed E-state index contributed by atoms with van der Waals surface area (Å²) in [7, 11) is 1.58. The number of H-pyrrole nitrogens is 1. The second kappa shape index (κ2) is 10.3. The first-order chi connectivity index (χ1) is 16.0. The van der Waals surface area contributed by atoms with Crippen LogP contribution < -0.4 is 16.0 Å². The predicted octanol–water partition coefficient (Wildman–Crippen LogP) is 2.38. The highest BCUT2D eigenvalue weighted by molar-refractivity contribution is 5.82. The number of ether oxygens (including phenoxy) is 1. The minimum Gasteiger partial charge on any atom is -0.497 e. The summed E-state index contributed by atoms with van der Waals surface area (Å²) in [6.45, 7) is 2.85. The zero-order valence-corrected chi connectivity index (χ0v) is 18.6. The molecule has 0 atom stereocenters. The number of hydrogen-bond donors (Lipinski definition) is 2. The van der Waals surface area contributed by atoms with Crippen molar-refractivity contribution in [3.8, 4) is 11.6 Å². The van der Waals surface area contributed by atoms with E-state index in [1.165, 1.54) is 11.8 Å². The summed E-state index contributed by atoms with van der Waals surface area (Å²) >= 11 is 0. The molecule has 4 rings (SSSR count). The van der Waals surface area contributed by atoms with Crippen molar-refractivity contribution in [2.75, 3.05) is 20.2 Å². The molecule has 0 saturated carbocycles. The van der Waals surface area contributed by atoms with Gasteiger partial charge in [0, 0.05) is 25.8 Å². The van der Waals surface area contributed by atoms with Gasteiger partial charge in [-0.05, 0) is 36.1 Å². The lowest BCUT2D eigenvalue weighted by Gasteiger charge is -2.30. The number of benzene rings is 2. The number of methoxy groups -OCH3 is 1. The number of likely N-dealkylation sites (tertiary alicyclic amines) is 1. The van der Waals surface area contributed by atoms with Crippen LogP contribution in [0.5, 0.6) is 11.6 Å². The lowest BCUT2D eigenvalue weighted by molar-refractivity contribution is 0.206. The van der Waals surface area contributed by atoms with Gasteiger partial charge in [0.1, 0.15) is 11.3 Å². The van der Waals surface area contributed by atoms with Crippen LogP contribution in [-0.2, 0) is 13.1 Å². The number of piperidine rings is 1. The third-order valence-electron chi connectivity index (χ3n) is 5.93. The summed E-state index contributed by atoms with van der Waals surface area (Å²) in [5.74, 6) is 0.309. The fourth-order valence-electron chi connectivity index (χ4n) is 4.00. The molecule has 1 saturated heterocycles. The molecule has 0 radical (unpaired) electrons. The number of nitrogens with zero attached hydrogens (tertiary/aromatic N) is 3. The van der Waals surface area contributed by atoms with E-state index < -0.39 is 11.2 Å². The van der Waals surface area contributed by atoms with Crippen molar-refractivity contribution in [3.63, 3.8) is 0 Å². The first-order valence-corrected chi connectivity index (χ1v) is 11.0. The summed E-state index contributed by atoms with van der Waals surface area (Å²) in [5.41, 5.74) is 0.757. The number of aromatic hydroxyl groups is 1. The molecule has 2 heterocycles.